The summed E-state index contributed by atoms with van der Waals surface area (Å²) < 4.78 is 0. The zero-order valence-electron chi connectivity index (χ0n) is 11.9. The third-order valence-electron chi connectivity index (χ3n) is 3.59. The van der Waals surface area contributed by atoms with E-state index in [0.29, 0.717) is 0 Å². The van der Waals surface area contributed by atoms with Crippen LogP contribution in [-0.4, -0.2) is 0 Å². The summed E-state index contributed by atoms with van der Waals surface area (Å²) >= 11 is 0. The maximum Gasteiger partial charge on any atom is -0.00671 e. The van der Waals surface area contributed by atoms with E-state index in [1.54, 1.807) is 0 Å². The van der Waals surface area contributed by atoms with Crippen LogP contribution in [0.2, 0.25) is 0 Å². The summed E-state index contributed by atoms with van der Waals surface area (Å²) in [6.07, 6.45) is 3.15. The summed E-state index contributed by atoms with van der Waals surface area (Å²) in [5.41, 5.74) is 6.80. The van der Waals surface area contributed by atoms with Crippen molar-refractivity contribution in [3.05, 3.63) is 82.9 Å². The number of hydrogen-bond acceptors (Lipinski definition) is 0. The normalized spacial score (nSPS) is 10.4. The largest absolute Gasteiger partial charge is 0.0995 e. The second-order valence-electron chi connectivity index (χ2n) is 5.34. The highest BCUT2D eigenvalue weighted by molar-refractivity contribution is 5.29. The molecule has 0 radical (unpaired) electrons. The molecule has 0 aliphatic rings. The van der Waals surface area contributed by atoms with E-state index in [4.69, 9.17) is 0 Å². The first-order valence-electron chi connectivity index (χ1n) is 6.92. The van der Waals surface area contributed by atoms with E-state index < -0.39 is 0 Å². The van der Waals surface area contributed by atoms with Crippen LogP contribution < -0.4 is 0 Å². The Morgan fingerprint density at radius 1 is 0.947 bits per heavy atom. The highest BCUT2D eigenvalue weighted by Crippen LogP contribution is 2.16. The molecule has 0 fully saturated rings. The first-order valence-corrected chi connectivity index (χ1v) is 6.92. The minimum absolute atomic E-state index is 0.999. The molecule has 2 rings (SSSR count). The molecule has 2 aromatic carbocycles. The van der Waals surface area contributed by atoms with Gasteiger partial charge in [0.2, 0.25) is 0 Å². The van der Waals surface area contributed by atoms with Gasteiger partial charge in [0.1, 0.15) is 0 Å². The zero-order chi connectivity index (χ0) is 13.7. The summed E-state index contributed by atoms with van der Waals surface area (Å²) in [6, 6.07) is 17.4. The molecule has 0 heteroatoms. The molecule has 0 bridgehead atoms. The smallest absolute Gasteiger partial charge is 0.00671 e. The summed E-state index contributed by atoms with van der Waals surface area (Å²) in [4.78, 5) is 0. The standard InChI is InChI=1S/C19H22/c1-15-8-11-18(12-9-15)13-10-16(2)14-19-7-5-4-6-17(19)3/h4-9,11-12H,2,10,13-14H2,1,3H3. The Labute approximate surface area is 116 Å². The number of allylic oxidation sites excluding steroid dienone is 1. The van der Waals surface area contributed by atoms with Gasteiger partial charge in [-0.1, -0.05) is 66.2 Å². The van der Waals surface area contributed by atoms with Gasteiger partial charge in [0.25, 0.3) is 0 Å². The zero-order valence-corrected chi connectivity index (χ0v) is 11.9. The average molecular weight is 250 g/mol. The van der Waals surface area contributed by atoms with Crippen LogP contribution in [0.5, 0.6) is 0 Å². The molecule has 0 saturated carbocycles. The third kappa shape index (κ3) is 4.10. The molecule has 0 aliphatic heterocycles. The van der Waals surface area contributed by atoms with Crippen molar-refractivity contribution in [2.24, 2.45) is 0 Å². The fraction of sp³-hybridized carbons (Fsp3) is 0.263. The summed E-state index contributed by atoms with van der Waals surface area (Å²) in [5.74, 6) is 0. The molecule has 0 N–H and O–H groups in total. The summed E-state index contributed by atoms with van der Waals surface area (Å²) in [7, 11) is 0. The topological polar surface area (TPSA) is 0 Å². The van der Waals surface area contributed by atoms with Crippen molar-refractivity contribution in [1.82, 2.24) is 0 Å². The lowest BCUT2D eigenvalue weighted by molar-refractivity contribution is 0.901. The number of aryl methyl sites for hydroxylation is 3. The fourth-order valence-corrected chi connectivity index (χ4v) is 2.24. The van der Waals surface area contributed by atoms with E-state index in [9.17, 15) is 0 Å². The molecule has 0 saturated heterocycles. The Morgan fingerprint density at radius 2 is 1.63 bits per heavy atom. The number of hydrogen-bond donors (Lipinski definition) is 0. The molecule has 0 atom stereocenters. The van der Waals surface area contributed by atoms with Crippen molar-refractivity contribution in [3.63, 3.8) is 0 Å². The van der Waals surface area contributed by atoms with Crippen LogP contribution in [-0.2, 0) is 12.8 Å². The van der Waals surface area contributed by atoms with Crippen molar-refractivity contribution in [2.75, 3.05) is 0 Å². The van der Waals surface area contributed by atoms with Gasteiger partial charge in [0, 0.05) is 0 Å². The number of benzene rings is 2. The molecular weight excluding hydrogens is 228 g/mol. The average Bonchev–Trinajstić information content (AvgIpc) is 2.41. The summed E-state index contributed by atoms with van der Waals surface area (Å²) in [5, 5.41) is 0. The third-order valence-corrected chi connectivity index (χ3v) is 3.59. The van der Waals surface area contributed by atoms with E-state index in [1.807, 2.05) is 0 Å². The Bertz CT molecular complexity index is 547. The predicted molar refractivity (Wildman–Crippen MR) is 83.5 cm³/mol. The van der Waals surface area contributed by atoms with Crippen molar-refractivity contribution in [3.8, 4) is 0 Å². The van der Waals surface area contributed by atoms with E-state index in [-0.39, 0.29) is 0 Å². The SMILES string of the molecule is C=C(CCc1ccc(C)cc1)Cc1ccccc1C. The van der Waals surface area contributed by atoms with Crippen molar-refractivity contribution in [2.45, 2.75) is 33.1 Å². The number of rotatable bonds is 5. The van der Waals surface area contributed by atoms with Crippen LogP contribution in [0, 0.1) is 13.8 Å². The van der Waals surface area contributed by atoms with E-state index >= 15 is 0 Å². The van der Waals surface area contributed by atoms with Crippen molar-refractivity contribution < 1.29 is 0 Å². The monoisotopic (exact) mass is 250 g/mol. The molecule has 0 aliphatic carbocycles. The first kappa shape index (κ1) is 13.6. The van der Waals surface area contributed by atoms with Gasteiger partial charge in [-0.15, -0.1) is 0 Å². The molecule has 19 heavy (non-hydrogen) atoms. The van der Waals surface area contributed by atoms with Crippen molar-refractivity contribution >= 4 is 0 Å². The maximum atomic E-state index is 4.22. The minimum Gasteiger partial charge on any atom is -0.0995 e. The first-order chi connectivity index (χ1) is 9.15. The molecule has 2 aromatic rings. The fourth-order valence-electron chi connectivity index (χ4n) is 2.24. The molecule has 98 valence electrons. The molecular formula is C19H22. The van der Waals surface area contributed by atoms with Gasteiger partial charge < -0.3 is 0 Å². The van der Waals surface area contributed by atoms with Gasteiger partial charge in [0.15, 0.2) is 0 Å². The lowest BCUT2D eigenvalue weighted by Crippen LogP contribution is -1.95. The van der Waals surface area contributed by atoms with Crippen LogP contribution in [0.4, 0.5) is 0 Å². The van der Waals surface area contributed by atoms with Gasteiger partial charge in [0.05, 0.1) is 0 Å². The van der Waals surface area contributed by atoms with E-state index in [2.05, 4.69) is 69.0 Å². The molecule has 0 amide bonds. The van der Waals surface area contributed by atoms with Gasteiger partial charge in [-0.25, -0.2) is 0 Å². The second-order valence-corrected chi connectivity index (χ2v) is 5.34. The van der Waals surface area contributed by atoms with Gasteiger partial charge in [-0.3, -0.25) is 0 Å². The van der Waals surface area contributed by atoms with Crippen LogP contribution in [0.1, 0.15) is 28.7 Å². The van der Waals surface area contributed by atoms with Gasteiger partial charge in [-0.2, -0.15) is 0 Å². The Balaban J connectivity index is 1.88. The predicted octanol–water partition coefficient (Wildman–Crippen LogP) is 5.03. The Morgan fingerprint density at radius 3 is 2.32 bits per heavy atom. The Kier molecular flexibility index (Phi) is 4.57. The van der Waals surface area contributed by atoms with E-state index in [1.165, 1.54) is 27.8 Å². The molecule has 0 aromatic heterocycles. The lowest BCUT2D eigenvalue weighted by Gasteiger charge is -2.09. The van der Waals surface area contributed by atoms with Crippen LogP contribution in [0.15, 0.2) is 60.7 Å². The molecule has 0 spiro atoms. The highest BCUT2D eigenvalue weighted by Gasteiger charge is 2.01. The Hall–Kier alpha value is -1.82. The quantitative estimate of drug-likeness (QED) is 0.652. The van der Waals surface area contributed by atoms with Crippen molar-refractivity contribution in [1.29, 1.82) is 0 Å². The van der Waals surface area contributed by atoms with Crippen LogP contribution in [0.3, 0.4) is 0 Å². The van der Waals surface area contributed by atoms with Crippen LogP contribution >= 0.6 is 0 Å². The van der Waals surface area contributed by atoms with E-state index in [0.717, 1.165) is 19.3 Å². The molecule has 0 nitrogen and oxygen atoms in total. The van der Waals surface area contributed by atoms with Gasteiger partial charge in [-0.05, 0) is 49.8 Å². The maximum absolute atomic E-state index is 4.22. The second kappa shape index (κ2) is 6.38. The van der Waals surface area contributed by atoms with Crippen LogP contribution in [0.25, 0.3) is 0 Å². The molecule has 0 unspecified atom stereocenters. The summed E-state index contributed by atoms with van der Waals surface area (Å²) in [6.45, 7) is 8.52. The lowest BCUT2D eigenvalue weighted by atomic mass is 9.97. The van der Waals surface area contributed by atoms with Gasteiger partial charge >= 0.3 is 0 Å². The highest BCUT2D eigenvalue weighted by atomic mass is 14.1. The molecule has 0 heterocycles. The minimum atomic E-state index is 0.999.